The van der Waals surface area contributed by atoms with Crippen molar-refractivity contribution < 1.29 is 19.1 Å². The standard InChI is InChI=1S/C24H21ClN2O4/c1-16(22(28)26-21-15-9-8-14-20(21)25)31-24(30)19-13-7-6-12-18(19)23(29)27(2)17-10-4-3-5-11-17/h3-16H,1-2H3,(H,26,28). The molecule has 0 aliphatic heterocycles. The van der Waals surface area contributed by atoms with Crippen LogP contribution in [0.3, 0.4) is 0 Å². The van der Waals surface area contributed by atoms with Crippen molar-refractivity contribution in [2.24, 2.45) is 0 Å². The van der Waals surface area contributed by atoms with Gasteiger partial charge in [-0.15, -0.1) is 0 Å². The van der Waals surface area contributed by atoms with Crippen molar-refractivity contribution in [2.75, 3.05) is 17.3 Å². The summed E-state index contributed by atoms with van der Waals surface area (Å²) in [7, 11) is 1.62. The maximum absolute atomic E-state index is 13.0. The smallest absolute Gasteiger partial charge is 0.339 e. The highest BCUT2D eigenvalue weighted by molar-refractivity contribution is 6.33. The Morgan fingerprint density at radius 3 is 2.13 bits per heavy atom. The summed E-state index contributed by atoms with van der Waals surface area (Å²) in [5.41, 5.74) is 1.35. The first-order chi connectivity index (χ1) is 14.9. The Hall–Kier alpha value is -3.64. The van der Waals surface area contributed by atoms with Crippen LogP contribution in [0.5, 0.6) is 0 Å². The van der Waals surface area contributed by atoms with E-state index in [1.54, 1.807) is 61.6 Å². The number of nitrogens with one attached hydrogen (secondary N) is 1. The number of esters is 1. The summed E-state index contributed by atoms with van der Waals surface area (Å²) in [5.74, 6) is -1.68. The van der Waals surface area contributed by atoms with Gasteiger partial charge in [0.1, 0.15) is 0 Å². The molecule has 31 heavy (non-hydrogen) atoms. The largest absolute Gasteiger partial charge is 0.449 e. The third kappa shape index (κ3) is 5.29. The number of halogens is 1. The number of nitrogens with zero attached hydrogens (tertiary/aromatic N) is 1. The molecule has 6 nitrogen and oxygen atoms in total. The normalized spacial score (nSPS) is 11.3. The summed E-state index contributed by atoms with van der Waals surface area (Å²) in [6.45, 7) is 1.45. The minimum Gasteiger partial charge on any atom is -0.449 e. The van der Waals surface area contributed by atoms with Crippen LogP contribution < -0.4 is 10.2 Å². The van der Waals surface area contributed by atoms with E-state index in [4.69, 9.17) is 16.3 Å². The maximum atomic E-state index is 13.0. The maximum Gasteiger partial charge on any atom is 0.339 e. The summed E-state index contributed by atoms with van der Waals surface area (Å²) in [6, 6.07) is 22.1. The van der Waals surface area contributed by atoms with Gasteiger partial charge in [0.25, 0.3) is 11.8 Å². The Morgan fingerprint density at radius 1 is 0.871 bits per heavy atom. The summed E-state index contributed by atoms with van der Waals surface area (Å²) in [6.07, 6.45) is -1.10. The minimum absolute atomic E-state index is 0.0766. The van der Waals surface area contributed by atoms with Gasteiger partial charge < -0.3 is 15.0 Å². The Kier molecular flexibility index (Phi) is 7.05. The molecule has 0 heterocycles. The van der Waals surface area contributed by atoms with E-state index in [2.05, 4.69) is 5.32 Å². The van der Waals surface area contributed by atoms with Crippen molar-refractivity contribution in [1.82, 2.24) is 0 Å². The lowest BCUT2D eigenvalue weighted by Gasteiger charge is -2.19. The van der Waals surface area contributed by atoms with E-state index in [1.165, 1.54) is 17.9 Å². The lowest BCUT2D eigenvalue weighted by atomic mass is 10.1. The van der Waals surface area contributed by atoms with Crippen molar-refractivity contribution in [2.45, 2.75) is 13.0 Å². The molecule has 1 N–H and O–H groups in total. The van der Waals surface area contributed by atoms with Crippen molar-refractivity contribution in [1.29, 1.82) is 0 Å². The number of rotatable bonds is 6. The van der Waals surface area contributed by atoms with Crippen LogP contribution >= 0.6 is 11.6 Å². The number of hydrogen-bond acceptors (Lipinski definition) is 4. The highest BCUT2D eigenvalue weighted by Gasteiger charge is 2.25. The van der Waals surface area contributed by atoms with Crippen LogP contribution in [-0.4, -0.2) is 30.9 Å². The molecule has 2 amide bonds. The van der Waals surface area contributed by atoms with E-state index >= 15 is 0 Å². The van der Waals surface area contributed by atoms with Crippen molar-refractivity contribution in [3.05, 3.63) is 95.0 Å². The molecule has 0 saturated heterocycles. The summed E-state index contributed by atoms with van der Waals surface area (Å²) in [5, 5.41) is 2.99. The molecule has 7 heteroatoms. The quantitative estimate of drug-likeness (QED) is 0.563. The molecule has 0 bridgehead atoms. The van der Waals surface area contributed by atoms with Crippen LogP contribution in [0.15, 0.2) is 78.9 Å². The molecule has 0 radical (unpaired) electrons. The predicted octanol–water partition coefficient (Wildman–Crippen LogP) is 4.80. The van der Waals surface area contributed by atoms with E-state index in [0.717, 1.165) is 0 Å². The Labute approximate surface area is 185 Å². The number of benzene rings is 3. The van der Waals surface area contributed by atoms with E-state index in [-0.39, 0.29) is 17.0 Å². The van der Waals surface area contributed by atoms with E-state index in [9.17, 15) is 14.4 Å². The molecule has 0 spiro atoms. The van der Waals surface area contributed by atoms with Crippen molar-refractivity contribution in [3.8, 4) is 0 Å². The van der Waals surface area contributed by atoms with Crippen molar-refractivity contribution >= 4 is 40.8 Å². The topological polar surface area (TPSA) is 75.7 Å². The van der Waals surface area contributed by atoms with Gasteiger partial charge in [0.2, 0.25) is 0 Å². The summed E-state index contributed by atoms with van der Waals surface area (Å²) >= 11 is 6.05. The van der Waals surface area contributed by atoms with E-state index in [0.29, 0.717) is 16.4 Å². The molecule has 0 aliphatic carbocycles. The number of carbonyl (C=O) groups excluding carboxylic acids is 3. The number of para-hydroxylation sites is 2. The highest BCUT2D eigenvalue weighted by Crippen LogP contribution is 2.22. The van der Waals surface area contributed by atoms with Crippen molar-refractivity contribution in [3.63, 3.8) is 0 Å². The number of hydrogen-bond donors (Lipinski definition) is 1. The van der Waals surface area contributed by atoms with Gasteiger partial charge in [-0.2, -0.15) is 0 Å². The lowest BCUT2D eigenvalue weighted by Crippen LogP contribution is -2.32. The first-order valence-corrected chi connectivity index (χ1v) is 9.94. The average molecular weight is 437 g/mol. The average Bonchev–Trinajstić information content (AvgIpc) is 2.80. The van der Waals surface area contributed by atoms with E-state index in [1.807, 2.05) is 18.2 Å². The fourth-order valence-corrected chi connectivity index (χ4v) is 3.05. The molecule has 0 saturated carbocycles. The molecule has 3 aromatic carbocycles. The van der Waals surface area contributed by atoms with Crippen LogP contribution in [0, 0.1) is 0 Å². The predicted molar refractivity (Wildman–Crippen MR) is 121 cm³/mol. The van der Waals surface area contributed by atoms with Gasteiger partial charge in [-0.25, -0.2) is 4.79 Å². The van der Waals surface area contributed by atoms with Crippen LogP contribution in [-0.2, 0) is 9.53 Å². The molecule has 0 aromatic heterocycles. The van der Waals surface area contributed by atoms with Gasteiger partial charge in [-0.3, -0.25) is 9.59 Å². The molecule has 158 valence electrons. The Morgan fingerprint density at radius 2 is 1.45 bits per heavy atom. The lowest BCUT2D eigenvalue weighted by molar-refractivity contribution is -0.123. The van der Waals surface area contributed by atoms with Gasteiger partial charge in [0, 0.05) is 12.7 Å². The second kappa shape index (κ2) is 9.91. The molecule has 3 rings (SSSR count). The molecule has 3 aromatic rings. The first kappa shape index (κ1) is 22.1. The highest BCUT2D eigenvalue weighted by atomic mass is 35.5. The zero-order chi connectivity index (χ0) is 22.4. The number of anilines is 2. The monoisotopic (exact) mass is 436 g/mol. The van der Waals surface area contributed by atoms with Crippen LogP contribution in [0.25, 0.3) is 0 Å². The summed E-state index contributed by atoms with van der Waals surface area (Å²) in [4.78, 5) is 39.6. The molecule has 1 unspecified atom stereocenters. The van der Waals surface area contributed by atoms with Gasteiger partial charge >= 0.3 is 5.97 Å². The third-order valence-electron chi connectivity index (χ3n) is 4.61. The van der Waals surface area contributed by atoms with Gasteiger partial charge in [0.05, 0.1) is 21.8 Å². The summed E-state index contributed by atoms with van der Waals surface area (Å²) < 4.78 is 5.32. The van der Waals surface area contributed by atoms with Crippen LogP contribution in [0.1, 0.15) is 27.6 Å². The fourth-order valence-electron chi connectivity index (χ4n) is 2.87. The molecule has 0 aliphatic rings. The zero-order valence-corrected chi connectivity index (χ0v) is 17.8. The Bertz CT molecular complexity index is 1100. The zero-order valence-electron chi connectivity index (χ0n) is 17.0. The van der Waals surface area contributed by atoms with Gasteiger partial charge in [-0.1, -0.05) is 54.1 Å². The molecule has 1 atom stereocenters. The number of carbonyl (C=O) groups is 3. The molecule has 0 fully saturated rings. The van der Waals surface area contributed by atoms with Crippen LogP contribution in [0.2, 0.25) is 5.02 Å². The SMILES string of the molecule is CC(OC(=O)c1ccccc1C(=O)N(C)c1ccccc1)C(=O)Nc1ccccc1Cl. The fraction of sp³-hybridized carbons (Fsp3) is 0.125. The van der Waals surface area contributed by atoms with Gasteiger partial charge in [0.15, 0.2) is 6.10 Å². The molecular formula is C24H21ClN2O4. The third-order valence-corrected chi connectivity index (χ3v) is 4.94. The second-order valence-corrected chi connectivity index (χ2v) is 7.17. The van der Waals surface area contributed by atoms with Gasteiger partial charge in [-0.05, 0) is 43.3 Å². The number of ether oxygens (including phenoxy) is 1. The first-order valence-electron chi connectivity index (χ1n) is 9.57. The minimum atomic E-state index is -1.10. The second-order valence-electron chi connectivity index (χ2n) is 6.76. The van der Waals surface area contributed by atoms with E-state index < -0.39 is 18.0 Å². The number of amides is 2. The molecular weight excluding hydrogens is 416 g/mol. The van der Waals surface area contributed by atoms with Crippen LogP contribution in [0.4, 0.5) is 11.4 Å². The Balaban J connectivity index is 1.74.